The first kappa shape index (κ1) is 19.8. The summed E-state index contributed by atoms with van der Waals surface area (Å²) >= 11 is 0. The molecule has 0 aliphatic carbocycles. The molecule has 3 aromatic rings. The summed E-state index contributed by atoms with van der Waals surface area (Å²) < 4.78 is 0. The zero-order chi connectivity index (χ0) is 21.4. The monoisotopic (exact) mass is 401 g/mol. The first-order chi connectivity index (χ1) is 14.4. The molecule has 152 valence electrons. The minimum atomic E-state index is -0.671. The average molecular weight is 401 g/mol. The van der Waals surface area contributed by atoms with Crippen LogP contribution >= 0.6 is 0 Å². The van der Waals surface area contributed by atoms with Gasteiger partial charge in [-0.1, -0.05) is 36.4 Å². The molecular formula is C24H23N3O3. The van der Waals surface area contributed by atoms with Gasteiger partial charge in [0.2, 0.25) is 0 Å². The van der Waals surface area contributed by atoms with E-state index < -0.39 is 17.6 Å². The topological polar surface area (TPSA) is 91.4 Å². The second-order valence-corrected chi connectivity index (χ2v) is 7.71. The lowest BCUT2D eigenvalue weighted by molar-refractivity contribution is -0.121. The molecule has 1 aliphatic rings. The van der Waals surface area contributed by atoms with Gasteiger partial charge in [0, 0.05) is 23.1 Å². The van der Waals surface area contributed by atoms with Crippen LogP contribution in [0, 0.1) is 26.7 Å². The smallest absolute Gasteiger partial charge is 0.292 e. The maximum atomic E-state index is 12.7. The highest BCUT2D eigenvalue weighted by Gasteiger charge is 2.24. The van der Waals surface area contributed by atoms with Gasteiger partial charge in [-0.2, -0.15) is 0 Å². The van der Waals surface area contributed by atoms with Crippen molar-refractivity contribution in [2.75, 3.05) is 6.54 Å². The number of Topliss-reactive ketones (excluding diaryl/α,β-unsaturated/α-hetero) is 1. The molecule has 1 atom stereocenters. The number of rotatable bonds is 5. The molecule has 2 aromatic carbocycles. The Morgan fingerprint density at radius 3 is 2.67 bits per heavy atom. The molecule has 2 amide bonds. The third kappa shape index (κ3) is 3.45. The molecule has 0 saturated heterocycles. The van der Waals surface area contributed by atoms with Crippen molar-refractivity contribution in [2.45, 2.75) is 27.2 Å². The van der Waals surface area contributed by atoms with Crippen LogP contribution in [0.5, 0.6) is 0 Å². The van der Waals surface area contributed by atoms with Gasteiger partial charge in [0.25, 0.3) is 17.6 Å². The molecule has 6 nitrogen and oxygen atoms in total. The van der Waals surface area contributed by atoms with Gasteiger partial charge < -0.3 is 10.3 Å². The molecule has 1 aromatic heterocycles. The van der Waals surface area contributed by atoms with Crippen LogP contribution in [-0.2, 0) is 9.59 Å². The zero-order valence-electron chi connectivity index (χ0n) is 17.2. The number of aromatic nitrogens is 1. The van der Waals surface area contributed by atoms with Crippen LogP contribution in [0.15, 0.2) is 41.4 Å². The van der Waals surface area contributed by atoms with Gasteiger partial charge in [-0.05, 0) is 49.6 Å². The van der Waals surface area contributed by atoms with Crippen LogP contribution in [0.4, 0.5) is 0 Å². The lowest BCUT2D eigenvalue weighted by Gasteiger charge is -2.14. The highest BCUT2D eigenvalue weighted by Crippen LogP contribution is 2.22. The number of carbonyl (C=O) groups is 3. The Kier molecular flexibility index (Phi) is 5.08. The van der Waals surface area contributed by atoms with Crippen molar-refractivity contribution in [3.8, 4) is 0 Å². The summed E-state index contributed by atoms with van der Waals surface area (Å²) in [5, 5.41) is 5.04. The van der Waals surface area contributed by atoms with Gasteiger partial charge in [0.1, 0.15) is 0 Å². The van der Waals surface area contributed by atoms with E-state index in [0.29, 0.717) is 17.7 Å². The summed E-state index contributed by atoms with van der Waals surface area (Å²) in [6.07, 6.45) is 2.29. The summed E-state index contributed by atoms with van der Waals surface area (Å²) in [7, 11) is 0. The molecule has 4 rings (SSSR count). The third-order valence-corrected chi connectivity index (χ3v) is 5.72. The normalized spacial score (nSPS) is 15.3. The Morgan fingerprint density at radius 1 is 1.10 bits per heavy atom. The SMILES string of the molecule is Cc1ccc2c(c1C)=NC(=O)C(CCNC(=O)C(=O)c1c(C)[nH]c3ccccc13)C=2. The predicted molar refractivity (Wildman–Crippen MR) is 115 cm³/mol. The summed E-state index contributed by atoms with van der Waals surface area (Å²) in [6, 6.07) is 11.4. The zero-order valence-corrected chi connectivity index (χ0v) is 17.2. The van der Waals surface area contributed by atoms with Gasteiger partial charge in [-0.25, -0.2) is 4.99 Å². The van der Waals surface area contributed by atoms with Gasteiger partial charge in [-0.15, -0.1) is 0 Å². The third-order valence-electron chi connectivity index (χ3n) is 5.72. The number of nitrogens with one attached hydrogen (secondary N) is 2. The highest BCUT2D eigenvalue weighted by molar-refractivity contribution is 6.45. The average Bonchev–Trinajstić information content (AvgIpc) is 3.06. The number of hydrogen-bond donors (Lipinski definition) is 2. The summed E-state index contributed by atoms with van der Waals surface area (Å²) in [4.78, 5) is 45.0. The molecular weight excluding hydrogens is 378 g/mol. The van der Waals surface area contributed by atoms with Crippen molar-refractivity contribution < 1.29 is 14.4 Å². The van der Waals surface area contributed by atoms with E-state index in [-0.39, 0.29) is 12.5 Å². The predicted octanol–water partition coefficient (Wildman–Crippen LogP) is 2.04. The molecule has 2 N–H and O–H groups in total. The molecule has 1 aliphatic heterocycles. The quantitative estimate of drug-likeness (QED) is 0.506. The van der Waals surface area contributed by atoms with Crippen molar-refractivity contribution in [3.05, 3.63) is 69.4 Å². The fraction of sp³-hybridized carbons (Fsp3) is 0.250. The number of carbonyl (C=O) groups excluding carboxylic acids is 3. The molecule has 2 heterocycles. The molecule has 30 heavy (non-hydrogen) atoms. The van der Waals surface area contributed by atoms with Crippen molar-refractivity contribution in [1.82, 2.24) is 10.3 Å². The van der Waals surface area contributed by atoms with Gasteiger partial charge in [-0.3, -0.25) is 14.4 Å². The van der Waals surface area contributed by atoms with Crippen LogP contribution < -0.4 is 15.9 Å². The molecule has 0 spiro atoms. The van der Waals surface area contributed by atoms with Gasteiger partial charge >= 0.3 is 0 Å². The first-order valence-corrected chi connectivity index (χ1v) is 9.97. The number of aromatic amines is 1. The van der Waals surface area contributed by atoms with Crippen molar-refractivity contribution in [1.29, 1.82) is 0 Å². The van der Waals surface area contributed by atoms with Crippen LogP contribution in [-0.4, -0.2) is 29.1 Å². The number of amides is 2. The van der Waals surface area contributed by atoms with Crippen LogP contribution in [0.2, 0.25) is 0 Å². The minimum absolute atomic E-state index is 0.217. The summed E-state index contributed by atoms with van der Waals surface area (Å²) in [5.74, 6) is -1.88. The number of ketones is 1. The maximum Gasteiger partial charge on any atom is 0.292 e. The Morgan fingerprint density at radius 2 is 1.87 bits per heavy atom. The molecule has 0 saturated carbocycles. The second kappa shape index (κ2) is 7.71. The van der Waals surface area contributed by atoms with Crippen LogP contribution in [0.25, 0.3) is 17.0 Å². The number of hydrogen-bond acceptors (Lipinski definition) is 3. The molecule has 1 unspecified atom stereocenters. The molecule has 0 fully saturated rings. The Labute approximate surface area is 173 Å². The fourth-order valence-electron chi connectivity index (χ4n) is 3.90. The van der Waals surface area contributed by atoms with Crippen molar-refractivity contribution in [2.24, 2.45) is 10.9 Å². The Balaban J connectivity index is 1.45. The summed E-state index contributed by atoms with van der Waals surface area (Å²) in [6.45, 7) is 5.94. The summed E-state index contributed by atoms with van der Waals surface area (Å²) in [5.41, 5.74) is 3.96. The van der Waals surface area contributed by atoms with Crippen LogP contribution in [0.1, 0.15) is 33.6 Å². The number of aryl methyl sites for hydroxylation is 2. The van der Waals surface area contributed by atoms with E-state index >= 15 is 0 Å². The first-order valence-electron chi connectivity index (χ1n) is 9.97. The van der Waals surface area contributed by atoms with Gasteiger partial charge in [0.15, 0.2) is 0 Å². The van der Waals surface area contributed by atoms with E-state index in [1.807, 2.05) is 56.3 Å². The Bertz CT molecular complexity index is 1320. The second-order valence-electron chi connectivity index (χ2n) is 7.71. The fourth-order valence-corrected chi connectivity index (χ4v) is 3.90. The maximum absolute atomic E-state index is 12.7. The number of para-hydroxylation sites is 1. The van der Waals surface area contributed by atoms with E-state index in [1.165, 1.54) is 0 Å². The molecule has 0 radical (unpaired) electrons. The lowest BCUT2D eigenvalue weighted by Crippen LogP contribution is -2.38. The number of fused-ring (bicyclic) bond motifs is 2. The van der Waals surface area contributed by atoms with Crippen molar-refractivity contribution >= 4 is 34.6 Å². The number of H-pyrrole nitrogens is 1. The highest BCUT2D eigenvalue weighted by atomic mass is 16.2. The molecule has 6 heteroatoms. The standard InChI is InChI=1S/C24H23N3O3/c1-13-8-9-16-12-17(23(29)27-21(16)14(13)2)10-11-25-24(30)22(28)20-15(3)26-19-7-5-4-6-18(19)20/h4-9,12,17,26H,10-11H2,1-3H3,(H,25,30). The van der Waals surface area contributed by atoms with Crippen LogP contribution in [0.3, 0.4) is 0 Å². The lowest BCUT2D eigenvalue weighted by atomic mass is 9.97. The molecule has 0 bridgehead atoms. The van der Waals surface area contributed by atoms with E-state index in [9.17, 15) is 14.4 Å². The van der Waals surface area contributed by atoms with E-state index in [1.54, 1.807) is 6.92 Å². The minimum Gasteiger partial charge on any atom is -0.358 e. The van der Waals surface area contributed by atoms with E-state index in [2.05, 4.69) is 15.3 Å². The number of nitrogens with zero attached hydrogens (tertiary/aromatic N) is 1. The van der Waals surface area contributed by atoms with Crippen molar-refractivity contribution in [3.63, 3.8) is 0 Å². The number of benzene rings is 2. The van der Waals surface area contributed by atoms with Gasteiger partial charge in [0.05, 0.1) is 16.8 Å². The van der Waals surface area contributed by atoms with E-state index in [4.69, 9.17) is 0 Å². The van der Waals surface area contributed by atoms with E-state index in [0.717, 1.165) is 32.6 Å². The largest absolute Gasteiger partial charge is 0.358 e. The Hall–Kier alpha value is -3.54.